The second kappa shape index (κ2) is 7.02. The van der Waals surface area contributed by atoms with Gasteiger partial charge in [-0.2, -0.15) is 10.5 Å². The van der Waals surface area contributed by atoms with Crippen LogP contribution >= 0.6 is 0 Å². The summed E-state index contributed by atoms with van der Waals surface area (Å²) in [6, 6.07) is 16.0. The smallest absolute Gasteiger partial charge is 0.270 e. The van der Waals surface area contributed by atoms with E-state index < -0.39 is 0 Å². The normalized spacial score (nSPS) is 9.96. The Labute approximate surface area is 137 Å². The highest BCUT2D eigenvalue weighted by Gasteiger charge is 2.10. The van der Waals surface area contributed by atoms with Crippen molar-refractivity contribution in [3.05, 3.63) is 65.2 Å². The van der Waals surface area contributed by atoms with Gasteiger partial charge in [-0.15, -0.1) is 5.10 Å². The number of nitriles is 1. The molecular weight excluding hydrogens is 308 g/mol. The van der Waals surface area contributed by atoms with Crippen molar-refractivity contribution in [1.82, 2.24) is 20.6 Å². The van der Waals surface area contributed by atoms with Gasteiger partial charge in [0.15, 0.2) is 0 Å². The van der Waals surface area contributed by atoms with Crippen LogP contribution in [0.15, 0.2) is 48.5 Å². The van der Waals surface area contributed by atoms with Crippen LogP contribution in [0, 0.1) is 11.3 Å². The highest BCUT2D eigenvalue weighted by Crippen LogP contribution is 2.17. The number of aromatic amines is 1. The van der Waals surface area contributed by atoms with E-state index in [0.29, 0.717) is 16.9 Å². The SMILES string of the molecule is N#Cc1ccccc1COc1cccc(C(=O)Nc2nn[nH]n2)c1. The Kier molecular flexibility index (Phi) is 4.44. The molecule has 1 amide bonds. The number of H-pyrrole nitrogens is 1. The van der Waals surface area contributed by atoms with Crippen molar-refractivity contribution in [3.8, 4) is 11.8 Å². The van der Waals surface area contributed by atoms with Gasteiger partial charge in [0.1, 0.15) is 12.4 Å². The molecule has 8 nitrogen and oxygen atoms in total. The van der Waals surface area contributed by atoms with Crippen molar-refractivity contribution < 1.29 is 9.53 Å². The number of hydrogen-bond donors (Lipinski definition) is 2. The van der Waals surface area contributed by atoms with Crippen molar-refractivity contribution in [3.63, 3.8) is 0 Å². The first-order chi connectivity index (χ1) is 11.8. The van der Waals surface area contributed by atoms with Crippen LogP contribution in [0.2, 0.25) is 0 Å². The molecule has 0 radical (unpaired) electrons. The third-order valence-electron chi connectivity index (χ3n) is 3.20. The summed E-state index contributed by atoms with van der Waals surface area (Å²) in [6.45, 7) is 0.236. The van der Waals surface area contributed by atoms with E-state index in [9.17, 15) is 4.79 Å². The molecule has 0 saturated carbocycles. The number of amides is 1. The summed E-state index contributed by atoms with van der Waals surface area (Å²) >= 11 is 0. The van der Waals surface area contributed by atoms with E-state index >= 15 is 0 Å². The Morgan fingerprint density at radius 3 is 2.92 bits per heavy atom. The first-order valence-corrected chi connectivity index (χ1v) is 7.02. The van der Waals surface area contributed by atoms with Crippen molar-refractivity contribution in [2.75, 3.05) is 5.32 Å². The molecule has 0 unspecified atom stereocenters. The third kappa shape index (κ3) is 3.53. The number of rotatable bonds is 5. The fourth-order valence-electron chi connectivity index (χ4n) is 2.03. The lowest BCUT2D eigenvalue weighted by atomic mass is 10.1. The maximum absolute atomic E-state index is 12.1. The van der Waals surface area contributed by atoms with Gasteiger partial charge in [-0.1, -0.05) is 29.4 Å². The Balaban J connectivity index is 1.69. The van der Waals surface area contributed by atoms with Crippen molar-refractivity contribution in [2.24, 2.45) is 0 Å². The number of carbonyl (C=O) groups is 1. The van der Waals surface area contributed by atoms with Gasteiger partial charge in [0.2, 0.25) is 0 Å². The average Bonchev–Trinajstić information content (AvgIpc) is 3.13. The van der Waals surface area contributed by atoms with Crippen molar-refractivity contribution >= 4 is 11.9 Å². The number of aromatic nitrogens is 4. The van der Waals surface area contributed by atoms with E-state index in [0.717, 1.165) is 5.56 Å². The minimum atomic E-state index is -0.376. The molecule has 0 atom stereocenters. The Morgan fingerprint density at radius 2 is 2.12 bits per heavy atom. The second-order valence-corrected chi connectivity index (χ2v) is 4.77. The number of nitrogens with zero attached hydrogens (tertiary/aromatic N) is 4. The summed E-state index contributed by atoms with van der Waals surface area (Å²) in [7, 11) is 0. The number of anilines is 1. The molecule has 0 saturated heterocycles. The van der Waals surface area contributed by atoms with Gasteiger partial charge >= 0.3 is 0 Å². The summed E-state index contributed by atoms with van der Waals surface area (Å²) in [6.07, 6.45) is 0. The molecule has 3 rings (SSSR count). The van der Waals surface area contributed by atoms with Gasteiger partial charge in [0, 0.05) is 11.1 Å². The number of carbonyl (C=O) groups excluding carboxylic acids is 1. The zero-order chi connectivity index (χ0) is 16.8. The van der Waals surface area contributed by atoms with E-state index in [2.05, 4.69) is 32.0 Å². The van der Waals surface area contributed by atoms with Crippen LogP contribution < -0.4 is 10.1 Å². The topological polar surface area (TPSA) is 117 Å². The van der Waals surface area contributed by atoms with Crippen LogP contribution in [0.5, 0.6) is 5.75 Å². The lowest BCUT2D eigenvalue weighted by molar-refractivity contribution is 0.102. The molecule has 1 aromatic heterocycles. The lowest BCUT2D eigenvalue weighted by Crippen LogP contribution is -2.13. The number of hydrogen-bond acceptors (Lipinski definition) is 6. The maximum Gasteiger partial charge on any atom is 0.270 e. The molecule has 0 fully saturated rings. The molecule has 24 heavy (non-hydrogen) atoms. The molecule has 0 aliphatic carbocycles. The average molecular weight is 320 g/mol. The van der Waals surface area contributed by atoms with Gasteiger partial charge < -0.3 is 4.74 Å². The monoisotopic (exact) mass is 320 g/mol. The second-order valence-electron chi connectivity index (χ2n) is 4.77. The summed E-state index contributed by atoms with van der Waals surface area (Å²) < 4.78 is 5.68. The number of benzene rings is 2. The molecule has 0 aliphatic heterocycles. The Morgan fingerprint density at radius 1 is 1.25 bits per heavy atom. The van der Waals surface area contributed by atoms with E-state index in [1.807, 2.05) is 12.1 Å². The zero-order valence-electron chi connectivity index (χ0n) is 12.4. The zero-order valence-corrected chi connectivity index (χ0v) is 12.4. The fraction of sp³-hybridized carbons (Fsp3) is 0.0625. The van der Waals surface area contributed by atoms with Gasteiger partial charge in [0.25, 0.3) is 11.9 Å². The van der Waals surface area contributed by atoms with Crippen LogP contribution in [-0.2, 0) is 6.61 Å². The maximum atomic E-state index is 12.1. The van der Waals surface area contributed by atoms with Crippen molar-refractivity contribution in [1.29, 1.82) is 5.26 Å². The molecule has 1 heterocycles. The lowest BCUT2D eigenvalue weighted by Gasteiger charge is -2.09. The van der Waals surface area contributed by atoms with E-state index in [1.54, 1.807) is 36.4 Å². The number of nitrogens with one attached hydrogen (secondary N) is 2. The van der Waals surface area contributed by atoms with Crippen LogP contribution in [0.1, 0.15) is 21.5 Å². The Hall–Kier alpha value is -3.73. The van der Waals surface area contributed by atoms with E-state index in [1.165, 1.54) is 0 Å². The van der Waals surface area contributed by atoms with Crippen LogP contribution in [0.3, 0.4) is 0 Å². The molecule has 3 aromatic rings. The first kappa shape index (κ1) is 15.2. The van der Waals surface area contributed by atoms with Crippen LogP contribution in [-0.4, -0.2) is 26.5 Å². The minimum absolute atomic E-state index is 0.0919. The molecular formula is C16H12N6O2. The van der Waals surface area contributed by atoms with Gasteiger partial charge in [0.05, 0.1) is 11.6 Å². The van der Waals surface area contributed by atoms with Crippen LogP contribution in [0.4, 0.5) is 5.95 Å². The predicted molar refractivity (Wildman–Crippen MR) is 84.1 cm³/mol. The van der Waals surface area contributed by atoms with Gasteiger partial charge in [-0.3, -0.25) is 10.1 Å². The first-order valence-electron chi connectivity index (χ1n) is 7.02. The molecule has 2 aromatic carbocycles. The Bertz CT molecular complexity index is 886. The van der Waals surface area contributed by atoms with Crippen molar-refractivity contribution in [2.45, 2.75) is 6.61 Å². The highest BCUT2D eigenvalue weighted by atomic mass is 16.5. The molecule has 2 N–H and O–H groups in total. The minimum Gasteiger partial charge on any atom is -0.489 e. The molecule has 8 heteroatoms. The largest absolute Gasteiger partial charge is 0.489 e. The quantitative estimate of drug-likeness (QED) is 0.741. The fourth-order valence-corrected chi connectivity index (χ4v) is 2.03. The predicted octanol–water partition coefficient (Wildman–Crippen LogP) is 1.90. The summed E-state index contributed by atoms with van der Waals surface area (Å²) in [5, 5.41) is 24.5. The molecule has 118 valence electrons. The molecule has 0 aliphatic rings. The van der Waals surface area contributed by atoms with Gasteiger partial charge in [-0.25, -0.2) is 0 Å². The highest BCUT2D eigenvalue weighted by molar-refractivity contribution is 6.03. The summed E-state index contributed by atoms with van der Waals surface area (Å²) in [5.41, 5.74) is 1.73. The third-order valence-corrected chi connectivity index (χ3v) is 3.20. The van der Waals surface area contributed by atoms with Gasteiger partial charge in [-0.05, 0) is 29.5 Å². The van der Waals surface area contributed by atoms with E-state index in [4.69, 9.17) is 10.00 Å². The number of ether oxygens (including phenoxy) is 1. The summed E-state index contributed by atoms with van der Waals surface area (Å²) in [5.74, 6) is 0.233. The molecule has 0 bridgehead atoms. The van der Waals surface area contributed by atoms with E-state index in [-0.39, 0.29) is 18.5 Å². The summed E-state index contributed by atoms with van der Waals surface area (Å²) in [4.78, 5) is 12.1. The molecule has 0 spiro atoms. The standard InChI is InChI=1S/C16H12N6O2/c17-9-12-4-1-2-5-13(12)10-24-14-7-3-6-11(8-14)15(23)18-16-19-21-22-20-16/h1-8H,10H2,(H2,18,19,20,21,22,23). The number of tetrazole rings is 1. The van der Waals surface area contributed by atoms with Crippen LogP contribution in [0.25, 0.3) is 0 Å².